The summed E-state index contributed by atoms with van der Waals surface area (Å²) in [7, 11) is 0. The first-order chi connectivity index (χ1) is 14.1. The highest BCUT2D eigenvalue weighted by Gasteiger charge is 2.24. The van der Waals surface area contributed by atoms with Crippen molar-refractivity contribution >= 4 is 40.0 Å². The van der Waals surface area contributed by atoms with Gasteiger partial charge in [-0.3, -0.25) is 0 Å². The summed E-state index contributed by atoms with van der Waals surface area (Å²) in [6, 6.07) is 7.68. The van der Waals surface area contributed by atoms with Crippen molar-refractivity contribution in [2.45, 2.75) is 37.8 Å². The Morgan fingerprint density at radius 3 is 2.79 bits per heavy atom. The summed E-state index contributed by atoms with van der Waals surface area (Å²) >= 11 is 5.73. The van der Waals surface area contributed by atoms with Crippen molar-refractivity contribution in [1.82, 2.24) is 20.3 Å². The summed E-state index contributed by atoms with van der Waals surface area (Å²) in [5.41, 5.74) is 0.689. The Morgan fingerprint density at radius 1 is 1.17 bits per heavy atom. The molecule has 2 atom stereocenters. The number of fused-ring (bicyclic) bond motifs is 1. The van der Waals surface area contributed by atoms with Crippen LogP contribution in [0, 0.1) is 0 Å². The molecule has 0 spiro atoms. The van der Waals surface area contributed by atoms with E-state index in [1.807, 2.05) is 24.3 Å². The summed E-state index contributed by atoms with van der Waals surface area (Å²) in [5.74, 6) is 1.44. The lowest BCUT2D eigenvalue weighted by Crippen LogP contribution is -2.40. The summed E-state index contributed by atoms with van der Waals surface area (Å²) < 4.78 is 6.14. The smallest absolute Gasteiger partial charge is 0.404 e. The lowest BCUT2D eigenvalue weighted by atomic mass is 9.93. The quantitative estimate of drug-likeness (QED) is 0.532. The van der Waals surface area contributed by atoms with Crippen LogP contribution in [0.1, 0.15) is 25.7 Å². The monoisotopic (exact) mass is 413 g/mol. The highest BCUT2D eigenvalue weighted by atomic mass is 35.5. The summed E-state index contributed by atoms with van der Waals surface area (Å²) in [6.07, 6.45) is 7.28. The number of hydrogen-bond acceptors (Lipinski definition) is 6. The van der Waals surface area contributed by atoms with Gasteiger partial charge in [0.15, 0.2) is 0 Å². The molecule has 3 aromatic rings. The fourth-order valence-corrected chi connectivity index (χ4v) is 3.69. The number of amides is 1. The molecule has 4 rings (SSSR count). The number of aromatic nitrogens is 3. The first-order valence-electron chi connectivity index (χ1n) is 9.36. The van der Waals surface area contributed by atoms with Crippen molar-refractivity contribution in [2.75, 3.05) is 5.32 Å². The van der Waals surface area contributed by atoms with Gasteiger partial charge in [-0.25, -0.2) is 19.7 Å². The Kier molecular flexibility index (Phi) is 5.62. The van der Waals surface area contributed by atoms with Crippen LogP contribution in [0.2, 0.25) is 5.28 Å². The van der Waals surface area contributed by atoms with Crippen molar-refractivity contribution in [3.05, 3.63) is 48.1 Å². The Balaban J connectivity index is 1.49. The van der Waals surface area contributed by atoms with E-state index < -0.39 is 6.09 Å². The molecule has 0 radical (unpaired) electrons. The largest absolute Gasteiger partial charge is 0.490 e. The fraction of sp³-hybridized carbons (Fsp3) is 0.300. The van der Waals surface area contributed by atoms with Crippen LogP contribution in [0.25, 0.3) is 10.8 Å². The number of carbonyl (C=O) groups is 1. The van der Waals surface area contributed by atoms with Gasteiger partial charge in [0, 0.05) is 24.0 Å². The van der Waals surface area contributed by atoms with Crippen LogP contribution in [0.5, 0.6) is 5.75 Å². The summed E-state index contributed by atoms with van der Waals surface area (Å²) in [4.78, 5) is 23.2. The van der Waals surface area contributed by atoms with Crippen LogP contribution in [-0.2, 0) is 0 Å². The third-order valence-corrected chi connectivity index (χ3v) is 5.07. The van der Waals surface area contributed by atoms with Gasteiger partial charge in [-0.1, -0.05) is 0 Å². The van der Waals surface area contributed by atoms with E-state index in [0.29, 0.717) is 17.9 Å². The third kappa shape index (κ3) is 4.83. The van der Waals surface area contributed by atoms with Gasteiger partial charge in [-0.15, -0.1) is 0 Å². The van der Waals surface area contributed by atoms with Crippen LogP contribution in [0.15, 0.2) is 42.9 Å². The Bertz CT molecular complexity index is 1010. The van der Waals surface area contributed by atoms with Crippen LogP contribution < -0.4 is 15.4 Å². The summed E-state index contributed by atoms with van der Waals surface area (Å²) in [5, 5.41) is 16.8. The zero-order valence-corrected chi connectivity index (χ0v) is 16.3. The standard InChI is InChI=1S/C20H20ClN5O3/c21-19-23-10-14(11-24-19)25-18-17-5-4-16(8-12(17)6-7-22-18)29-15-3-1-2-13(9-15)26-20(27)28/h4-8,10-11,13,15,26H,1-3,9H2,(H,22,25)(H,27,28)/t13-,15+/m1/s1. The minimum Gasteiger partial charge on any atom is -0.490 e. The number of halogens is 1. The number of ether oxygens (including phenoxy) is 1. The molecule has 29 heavy (non-hydrogen) atoms. The highest BCUT2D eigenvalue weighted by Crippen LogP contribution is 2.30. The molecule has 0 saturated heterocycles. The minimum absolute atomic E-state index is 0.0105. The van der Waals surface area contributed by atoms with Gasteiger partial charge < -0.3 is 20.5 Å². The van der Waals surface area contributed by atoms with Gasteiger partial charge in [0.1, 0.15) is 17.7 Å². The molecule has 150 valence electrons. The van der Waals surface area contributed by atoms with E-state index in [4.69, 9.17) is 21.4 Å². The molecule has 0 unspecified atom stereocenters. The van der Waals surface area contributed by atoms with E-state index in [2.05, 4.69) is 25.6 Å². The van der Waals surface area contributed by atoms with Crippen LogP contribution >= 0.6 is 11.6 Å². The van der Waals surface area contributed by atoms with E-state index >= 15 is 0 Å². The van der Waals surface area contributed by atoms with Crippen molar-refractivity contribution in [1.29, 1.82) is 0 Å². The lowest BCUT2D eigenvalue weighted by molar-refractivity contribution is 0.130. The van der Waals surface area contributed by atoms with E-state index in [0.717, 1.165) is 35.8 Å². The second kappa shape index (κ2) is 8.48. The molecule has 1 aliphatic carbocycles. The van der Waals surface area contributed by atoms with Crippen molar-refractivity contribution < 1.29 is 14.6 Å². The van der Waals surface area contributed by atoms with Gasteiger partial charge in [-0.2, -0.15) is 0 Å². The molecule has 8 nitrogen and oxygen atoms in total. The second-order valence-corrected chi connectivity index (χ2v) is 7.30. The molecule has 1 amide bonds. The second-order valence-electron chi connectivity index (χ2n) is 6.96. The molecule has 2 aromatic heterocycles. The Labute approximate surface area is 172 Å². The molecule has 3 N–H and O–H groups in total. The maximum atomic E-state index is 10.9. The number of nitrogens with zero attached hydrogens (tertiary/aromatic N) is 3. The van der Waals surface area contributed by atoms with Crippen molar-refractivity contribution in [3.8, 4) is 5.75 Å². The average molecular weight is 414 g/mol. The third-order valence-electron chi connectivity index (χ3n) is 4.88. The van der Waals surface area contributed by atoms with E-state index in [1.54, 1.807) is 18.6 Å². The van der Waals surface area contributed by atoms with Gasteiger partial charge >= 0.3 is 6.09 Å². The van der Waals surface area contributed by atoms with E-state index in [1.165, 1.54) is 0 Å². The van der Waals surface area contributed by atoms with E-state index in [9.17, 15) is 4.79 Å². The number of anilines is 2. The number of carboxylic acid groups (broad SMARTS) is 1. The molecular weight excluding hydrogens is 394 g/mol. The highest BCUT2D eigenvalue weighted by molar-refractivity contribution is 6.28. The van der Waals surface area contributed by atoms with Crippen LogP contribution in [-0.4, -0.2) is 38.3 Å². The maximum absolute atomic E-state index is 10.9. The maximum Gasteiger partial charge on any atom is 0.404 e. The molecule has 1 saturated carbocycles. The summed E-state index contributed by atoms with van der Waals surface area (Å²) in [6.45, 7) is 0. The van der Waals surface area contributed by atoms with Crippen LogP contribution in [0.4, 0.5) is 16.3 Å². The molecule has 1 fully saturated rings. The predicted octanol–water partition coefficient (Wildman–Crippen LogP) is 4.38. The fourth-order valence-electron chi connectivity index (χ4n) is 3.59. The average Bonchev–Trinajstić information content (AvgIpc) is 2.69. The van der Waals surface area contributed by atoms with Gasteiger partial charge in [0.25, 0.3) is 0 Å². The van der Waals surface area contributed by atoms with Gasteiger partial charge in [0.05, 0.1) is 18.1 Å². The zero-order valence-electron chi connectivity index (χ0n) is 15.5. The molecule has 0 bridgehead atoms. The molecule has 2 heterocycles. The minimum atomic E-state index is -0.986. The molecule has 0 aliphatic heterocycles. The van der Waals surface area contributed by atoms with Gasteiger partial charge in [-0.05, 0) is 60.5 Å². The van der Waals surface area contributed by atoms with Crippen molar-refractivity contribution in [2.24, 2.45) is 0 Å². The number of pyridine rings is 1. The molecule has 1 aromatic carbocycles. The normalized spacial score (nSPS) is 18.9. The molecule has 1 aliphatic rings. The zero-order chi connectivity index (χ0) is 20.2. The topological polar surface area (TPSA) is 109 Å². The lowest BCUT2D eigenvalue weighted by Gasteiger charge is -2.29. The number of hydrogen-bond donors (Lipinski definition) is 3. The van der Waals surface area contributed by atoms with Crippen LogP contribution in [0.3, 0.4) is 0 Å². The Morgan fingerprint density at radius 2 is 2.00 bits per heavy atom. The number of rotatable bonds is 5. The van der Waals surface area contributed by atoms with E-state index in [-0.39, 0.29) is 17.4 Å². The van der Waals surface area contributed by atoms with Crippen molar-refractivity contribution in [3.63, 3.8) is 0 Å². The number of nitrogens with one attached hydrogen (secondary N) is 2. The Hall–Kier alpha value is -3.13. The first kappa shape index (κ1) is 19.2. The molecule has 9 heteroatoms. The SMILES string of the molecule is O=C(O)N[C@@H]1CCC[C@H](Oc2ccc3c(Nc4cnc(Cl)nc4)nccc3c2)C1. The molecular formula is C20H20ClN5O3. The van der Waals surface area contributed by atoms with Gasteiger partial charge in [0.2, 0.25) is 5.28 Å². The number of benzene rings is 1. The predicted molar refractivity (Wildman–Crippen MR) is 110 cm³/mol. The first-order valence-corrected chi connectivity index (χ1v) is 9.74.